The predicted octanol–water partition coefficient (Wildman–Crippen LogP) is -0.0142. The quantitative estimate of drug-likeness (QED) is 0.170. The van der Waals surface area contributed by atoms with Crippen molar-refractivity contribution in [2.75, 3.05) is 19.7 Å². The van der Waals surface area contributed by atoms with Gasteiger partial charge in [0.15, 0.2) is 0 Å². The molecule has 0 heterocycles. The average Bonchev–Trinajstić information content (AvgIpc) is 2.64. The summed E-state index contributed by atoms with van der Waals surface area (Å²) in [5.74, 6) is -2.17. The Hall–Kier alpha value is -3.40. The first kappa shape index (κ1) is 23.6. The van der Waals surface area contributed by atoms with Crippen LogP contribution in [0, 0.1) is 5.41 Å². The van der Waals surface area contributed by atoms with Gasteiger partial charge in [-0.3, -0.25) is 9.59 Å². The van der Waals surface area contributed by atoms with Gasteiger partial charge in [0.1, 0.15) is 11.8 Å². The monoisotopic (exact) mass is 405 g/mol. The summed E-state index contributed by atoms with van der Waals surface area (Å²) >= 11 is 0. The van der Waals surface area contributed by atoms with Gasteiger partial charge in [-0.15, -0.1) is 0 Å². The number of carboxylic acids is 1. The van der Waals surface area contributed by atoms with Gasteiger partial charge in [-0.2, -0.15) is 0 Å². The summed E-state index contributed by atoms with van der Waals surface area (Å²) in [5.41, 5.74) is 11.2. The highest BCUT2D eigenvalue weighted by atomic mass is 16.5. The minimum atomic E-state index is -1.40. The molecule has 1 aromatic rings. The van der Waals surface area contributed by atoms with Crippen molar-refractivity contribution >= 4 is 23.5 Å². The number of amides is 2. The molecule has 0 unspecified atom stereocenters. The van der Waals surface area contributed by atoms with Gasteiger partial charge >= 0.3 is 5.97 Å². The molecule has 2 amide bonds. The Morgan fingerprint density at radius 3 is 2.52 bits per heavy atom. The molecule has 0 aliphatic rings. The highest BCUT2D eigenvalue weighted by molar-refractivity contribution is 6.20. The van der Waals surface area contributed by atoms with Crippen molar-refractivity contribution in [1.82, 2.24) is 10.6 Å². The van der Waals surface area contributed by atoms with E-state index in [-0.39, 0.29) is 29.1 Å². The Bertz CT molecular complexity index is 802. The SMILES string of the molecule is CC(=N)C(C(=O)N[C@@H](CNC(=O)c1cccc(OCCCN)c1)C(=O)O)=C(C)N. The van der Waals surface area contributed by atoms with Crippen molar-refractivity contribution in [2.24, 2.45) is 11.5 Å². The molecule has 29 heavy (non-hydrogen) atoms. The van der Waals surface area contributed by atoms with E-state index in [1.54, 1.807) is 18.2 Å². The molecule has 10 heteroatoms. The molecule has 0 radical (unpaired) electrons. The molecule has 0 aliphatic heterocycles. The number of carboxylic acid groups (broad SMARTS) is 1. The second-order valence-corrected chi connectivity index (χ2v) is 6.28. The molecular formula is C19H27N5O5. The molecular weight excluding hydrogens is 378 g/mol. The van der Waals surface area contributed by atoms with Crippen LogP contribution in [0.25, 0.3) is 0 Å². The van der Waals surface area contributed by atoms with Gasteiger partial charge in [0, 0.05) is 23.5 Å². The van der Waals surface area contributed by atoms with E-state index in [9.17, 15) is 19.5 Å². The molecule has 1 rings (SSSR count). The number of benzene rings is 1. The first-order chi connectivity index (χ1) is 13.7. The fraction of sp³-hybridized carbons (Fsp3) is 0.368. The fourth-order valence-electron chi connectivity index (χ4n) is 2.37. The van der Waals surface area contributed by atoms with Crippen LogP contribution in [0.1, 0.15) is 30.6 Å². The number of hydrogen-bond donors (Lipinski definition) is 6. The summed E-state index contributed by atoms with van der Waals surface area (Å²) in [6.45, 7) is 3.35. The van der Waals surface area contributed by atoms with Gasteiger partial charge in [0.2, 0.25) is 0 Å². The van der Waals surface area contributed by atoms with Crippen molar-refractivity contribution in [3.63, 3.8) is 0 Å². The summed E-state index contributed by atoms with van der Waals surface area (Å²) in [7, 11) is 0. The largest absolute Gasteiger partial charge is 0.494 e. The molecule has 0 aliphatic carbocycles. The molecule has 0 saturated carbocycles. The lowest BCUT2D eigenvalue weighted by Gasteiger charge is -2.17. The number of ether oxygens (including phenoxy) is 1. The molecule has 0 spiro atoms. The third kappa shape index (κ3) is 7.62. The molecule has 1 atom stereocenters. The molecule has 158 valence electrons. The zero-order chi connectivity index (χ0) is 22.0. The van der Waals surface area contributed by atoms with E-state index in [1.165, 1.54) is 19.9 Å². The number of rotatable bonds is 11. The predicted molar refractivity (Wildman–Crippen MR) is 108 cm³/mol. The maximum Gasteiger partial charge on any atom is 0.328 e. The minimum absolute atomic E-state index is 0.0922. The van der Waals surface area contributed by atoms with Crippen molar-refractivity contribution in [2.45, 2.75) is 26.3 Å². The van der Waals surface area contributed by atoms with Crippen molar-refractivity contribution in [1.29, 1.82) is 5.41 Å². The zero-order valence-electron chi connectivity index (χ0n) is 16.5. The Balaban J connectivity index is 2.77. The topological polar surface area (TPSA) is 181 Å². The van der Waals surface area contributed by atoms with Crippen LogP contribution in [-0.2, 0) is 9.59 Å². The fourth-order valence-corrected chi connectivity index (χ4v) is 2.37. The Morgan fingerprint density at radius 2 is 1.97 bits per heavy atom. The summed E-state index contributed by atoms with van der Waals surface area (Å²) < 4.78 is 5.48. The van der Waals surface area contributed by atoms with Crippen LogP contribution < -0.4 is 26.8 Å². The maximum atomic E-state index is 12.3. The second kappa shape index (κ2) is 11.4. The third-order valence-corrected chi connectivity index (χ3v) is 3.78. The zero-order valence-corrected chi connectivity index (χ0v) is 16.5. The van der Waals surface area contributed by atoms with Gasteiger partial charge in [0.05, 0.1) is 12.2 Å². The normalized spacial score (nSPS) is 12.4. The summed E-state index contributed by atoms with van der Waals surface area (Å²) in [5, 5.41) is 21.7. The highest BCUT2D eigenvalue weighted by Gasteiger charge is 2.24. The minimum Gasteiger partial charge on any atom is -0.494 e. The molecule has 0 bridgehead atoms. The Morgan fingerprint density at radius 1 is 1.28 bits per heavy atom. The van der Waals surface area contributed by atoms with E-state index in [0.717, 1.165) is 0 Å². The van der Waals surface area contributed by atoms with Gasteiger partial charge < -0.3 is 37.4 Å². The Kier molecular flexibility index (Phi) is 9.33. The van der Waals surface area contributed by atoms with Crippen LogP contribution >= 0.6 is 0 Å². The van der Waals surface area contributed by atoms with Gasteiger partial charge in [-0.1, -0.05) is 6.07 Å². The van der Waals surface area contributed by atoms with Crippen LogP contribution in [0.3, 0.4) is 0 Å². The summed E-state index contributed by atoms with van der Waals surface area (Å²) in [6.07, 6.45) is 0.671. The van der Waals surface area contributed by atoms with E-state index >= 15 is 0 Å². The van der Waals surface area contributed by atoms with Crippen molar-refractivity contribution < 1.29 is 24.2 Å². The van der Waals surface area contributed by atoms with E-state index < -0.39 is 23.8 Å². The number of nitrogens with one attached hydrogen (secondary N) is 3. The number of carbonyl (C=O) groups excluding carboxylic acids is 2. The first-order valence-corrected chi connectivity index (χ1v) is 8.94. The van der Waals surface area contributed by atoms with Gasteiger partial charge in [0.25, 0.3) is 11.8 Å². The summed E-state index contributed by atoms with van der Waals surface area (Å²) in [4.78, 5) is 36.0. The number of aliphatic carboxylic acids is 1. The van der Waals surface area contributed by atoms with Crippen molar-refractivity contribution in [3.05, 3.63) is 41.1 Å². The van der Waals surface area contributed by atoms with E-state index in [4.69, 9.17) is 21.6 Å². The number of nitrogens with two attached hydrogens (primary N) is 2. The molecule has 10 nitrogen and oxygen atoms in total. The molecule has 8 N–H and O–H groups in total. The summed E-state index contributed by atoms with van der Waals surface area (Å²) in [6, 6.07) is 5.00. The third-order valence-electron chi connectivity index (χ3n) is 3.78. The second-order valence-electron chi connectivity index (χ2n) is 6.28. The first-order valence-electron chi connectivity index (χ1n) is 8.94. The molecule has 1 aromatic carbocycles. The molecule has 0 aromatic heterocycles. The Labute approximate surface area is 168 Å². The standard InChI is InChI=1S/C19H27N5O5/c1-11(21)16(12(2)22)18(26)24-15(19(27)28)10-23-17(25)13-5-3-6-14(9-13)29-8-4-7-20/h3,5-6,9,15,21H,4,7-8,10,20,22H2,1-2H3,(H,23,25)(H,24,26)(H,27,28)/t15-/m0/s1. The van der Waals surface area contributed by atoms with E-state index in [0.29, 0.717) is 25.3 Å². The molecule has 0 saturated heterocycles. The van der Waals surface area contributed by atoms with Gasteiger partial charge in [-0.25, -0.2) is 4.79 Å². The van der Waals surface area contributed by atoms with Crippen LogP contribution in [0.5, 0.6) is 5.75 Å². The van der Waals surface area contributed by atoms with Crippen LogP contribution in [-0.4, -0.2) is 54.3 Å². The van der Waals surface area contributed by atoms with Gasteiger partial charge in [-0.05, 0) is 45.0 Å². The van der Waals surface area contributed by atoms with Crippen LogP contribution in [0.4, 0.5) is 0 Å². The average molecular weight is 405 g/mol. The maximum absolute atomic E-state index is 12.3. The number of allylic oxidation sites excluding steroid dienone is 1. The highest BCUT2D eigenvalue weighted by Crippen LogP contribution is 2.13. The number of hydrogen-bond acceptors (Lipinski definition) is 7. The van der Waals surface area contributed by atoms with Crippen molar-refractivity contribution in [3.8, 4) is 5.75 Å². The molecule has 0 fully saturated rings. The van der Waals surface area contributed by atoms with E-state index in [2.05, 4.69) is 10.6 Å². The lowest BCUT2D eigenvalue weighted by Crippen LogP contribution is -2.49. The smallest absolute Gasteiger partial charge is 0.328 e. The van der Waals surface area contributed by atoms with E-state index in [1.807, 2.05) is 0 Å². The number of carbonyl (C=O) groups is 3. The lowest BCUT2D eigenvalue weighted by atomic mass is 10.1. The van der Waals surface area contributed by atoms with Crippen LogP contribution in [0.15, 0.2) is 35.5 Å². The van der Waals surface area contributed by atoms with Crippen LogP contribution in [0.2, 0.25) is 0 Å². The lowest BCUT2D eigenvalue weighted by molar-refractivity contribution is -0.141.